The molecule has 1 fully saturated rings. The second kappa shape index (κ2) is 6.75. The summed E-state index contributed by atoms with van der Waals surface area (Å²) in [6, 6.07) is 11.5. The van der Waals surface area contributed by atoms with E-state index in [0.29, 0.717) is 0 Å². The van der Waals surface area contributed by atoms with E-state index in [1.165, 1.54) is 0 Å². The van der Waals surface area contributed by atoms with Crippen molar-refractivity contribution in [3.05, 3.63) is 58.7 Å². The zero-order valence-electron chi connectivity index (χ0n) is 15.6. The third-order valence-corrected chi connectivity index (χ3v) is 5.39. The fraction of sp³-hybridized carbons (Fsp3) is 0.261. The fourth-order valence-electron chi connectivity index (χ4n) is 3.78. The molecule has 5 nitrogen and oxygen atoms in total. The van der Waals surface area contributed by atoms with Crippen molar-refractivity contribution in [1.29, 1.82) is 0 Å². The van der Waals surface area contributed by atoms with Crippen molar-refractivity contribution in [3.63, 3.8) is 0 Å². The first-order valence-electron chi connectivity index (χ1n) is 9.43. The summed E-state index contributed by atoms with van der Waals surface area (Å²) in [7, 11) is 0. The average Bonchev–Trinajstić information content (AvgIpc) is 3.35. The van der Waals surface area contributed by atoms with Crippen LogP contribution in [0.3, 0.4) is 0 Å². The molecule has 28 heavy (non-hydrogen) atoms. The van der Waals surface area contributed by atoms with Crippen molar-refractivity contribution < 1.29 is 23.7 Å². The summed E-state index contributed by atoms with van der Waals surface area (Å²) in [6.45, 7) is 2.59. The van der Waals surface area contributed by atoms with Crippen molar-refractivity contribution >= 4 is 17.9 Å². The first-order chi connectivity index (χ1) is 13.7. The molecule has 142 valence electrons. The summed E-state index contributed by atoms with van der Waals surface area (Å²) in [5, 5.41) is 0. The van der Waals surface area contributed by atoms with E-state index >= 15 is 0 Å². The molecule has 0 amide bonds. The van der Waals surface area contributed by atoms with Gasteiger partial charge in [-0.3, -0.25) is 4.79 Å². The lowest BCUT2D eigenvalue weighted by Gasteiger charge is -2.23. The second-order valence-electron chi connectivity index (χ2n) is 7.26. The van der Waals surface area contributed by atoms with Gasteiger partial charge in [-0.15, -0.1) is 0 Å². The van der Waals surface area contributed by atoms with E-state index in [-0.39, 0.29) is 25.3 Å². The van der Waals surface area contributed by atoms with Gasteiger partial charge in [-0.1, -0.05) is 19.1 Å². The first kappa shape index (κ1) is 16.9. The lowest BCUT2D eigenvalue weighted by Crippen LogP contribution is -2.19. The van der Waals surface area contributed by atoms with Gasteiger partial charge in [-0.2, -0.15) is 0 Å². The first-order valence-corrected chi connectivity index (χ1v) is 9.43. The Kier molecular flexibility index (Phi) is 4.08. The summed E-state index contributed by atoms with van der Waals surface area (Å²) in [5.74, 6) is 3.26. The highest BCUT2D eigenvalue weighted by molar-refractivity contribution is 6.14. The lowest BCUT2D eigenvalue weighted by atomic mass is 9.80. The number of ether oxygens (including phenoxy) is 4. The van der Waals surface area contributed by atoms with Crippen LogP contribution in [-0.4, -0.2) is 19.4 Å². The van der Waals surface area contributed by atoms with Crippen molar-refractivity contribution in [2.75, 3.05) is 13.6 Å². The molecule has 3 aliphatic rings. The van der Waals surface area contributed by atoms with Gasteiger partial charge in [0.25, 0.3) is 0 Å². The Labute approximate surface area is 163 Å². The number of benzene rings is 2. The van der Waals surface area contributed by atoms with Crippen LogP contribution in [0.5, 0.6) is 23.0 Å². The molecular weight excluding hydrogens is 356 g/mol. The molecule has 2 heterocycles. The van der Waals surface area contributed by atoms with Crippen molar-refractivity contribution in [3.8, 4) is 23.0 Å². The van der Waals surface area contributed by atoms with Crippen LogP contribution >= 0.6 is 0 Å². The molecule has 0 N–H and O–H groups in total. The molecule has 0 saturated heterocycles. The standard InChI is InChI=1S/C23H20O5/c1-14-2-5-17(8-15-3-6-19-21(10-15)27-12-25-19)23(24)18(14)9-16-4-7-20-22(11-16)28-13-26-20/h3-4,6-11,14H,2,5,12-13H2,1H3. The maximum Gasteiger partial charge on any atom is 0.231 e. The van der Waals surface area contributed by atoms with Crippen LogP contribution in [0.2, 0.25) is 0 Å². The fourth-order valence-corrected chi connectivity index (χ4v) is 3.78. The molecular formula is C23H20O5. The smallest absolute Gasteiger partial charge is 0.231 e. The number of hydrogen-bond acceptors (Lipinski definition) is 5. The predicted molar refractivity (Wildman–Crippen MR) is 104 cm³/mol. The Balaban J connectivity index is 1.45. The quantitative estimate of drug-likeness (QED) is 0.717. The monoisotopic (exact) mass is 376 g/mol. The number of carbonyl (C=O) groups excluding carboxylic acids is 1. The molecule has 2 aromatic rings. The highest BCUT2D eigenvalue weighted by Crippen LogP contribution is 2.37. The molecule has 2 aliphatic heterocycles. The zero-order chi connectivity index (χ0) is 19.1. The zero-order valence-corrected chi connectivity index (χ0v) is 15.6. The number of carbonyl (C=O) groups is 1. The van der Waals surface area contributed by atoms with E-state index < -0.39 is 0 Å². The van der Waals surface area contributed by atoms with Gasteiger partial charge in [0, 0.05) is 11.1 Å². The maximum atomic E-state index is 13.2. The third kappa shape index (κ3) is 3.03. The van der Waals surface area contributed by atoms with Gasteiger partial charge < -0.3 is 18.9 Å². The van der Waals surface area contributed by atoms with E-state index in [4.69, 9.17) is 18.9 Å². The van der Waals surface area contributed by atoms with Gasteiger partial charge >= 0.3 is 0 Å². The molecule has 0 aromatic heterocycles. The Hall–Kier alpha value is -3.21. The lowest BCUT2D eigenvalue weighted by molar-refractivity contribution is -0.113. The molecule has 5 heteroatoms. The van der Waals surface area contributed by atoms with Crippen molar-refractivity contribution in [2.45, 2.75) is 19.8 Å². The molecule has 2 aromatic carbocycles. The molecule has 0 spiro atoms. The van der Waals surface area contributed by atoms with Crippen LogP contribution in [0.1, 0.15) is 30.9 Å². The molecule has 1 unspecified atom stereocenters. The third-order valence-electron chi connectivity index (χ3n) is 5.39. The highest BCUT2D eigenvalue weighted by Gasteiger charge is 2.27. The van der Waals surface area contributed by atoms with Crippen LogP contribution in [0, 0.1) is 5.92 Å². The van der Waals surface area contributed by atoms with Gasteiger partial charge in [-0.05, 0) is 66.3 Å². The Morgan fingerprint density at radius 2 is 1.39 bits per heavy atom. The van der Waals surface area contributed by atoms with Crippen LogP contribution in [0.4, 0.5) is 0 Å². The van der Waals surface area contributed by atoms with Crippen LogP contribution < -0.4 is 18.9 Å². The number of rotatable bonds is 2. The van der Waals surface area contributed by atoms with Gasteiger partial charge in [0.1, 0.15) is 0 Å². The number of hydrogen-bond donors (Lipinski definition) is 0. The highest BCUT2D eigenvalue weighted by atomic mass is 16.7. The Morgan fingerprint density at radius 3 is 2.04 bits per heavy atom. The van der Waals surface area contributed by atoms with Gasteiger partial charge in [0.05, 0.1) is 0 Å². The Morgan fingerprint density at radius 1 is 0.821 bits per heavy atom. The van der Waals surface area contributed by atoms with E-state index in [0.717, 1.165) is 58.1 Å². The normalized spacial score (nSPS) is 22.9. The molecule has 5 rings (SSSR count). The minimum Gasteiger partial charge on any atom is -0.454 e. The summed E-state index contributed by atoms with van der Waals surface area (Å²) in [4.78, 5) is 13.2. The minimum atomic E-state index is 0.106. The maximum absolute atomic E-state index is 13.2. The molecule has 0 bridgehead atoms. The second-order valence-corrected chi connectivity index (χ2v) is 7.26. The topological polar surface area (TPSA) is 54.0 Å². The summed E-state index contributed by atoms with van der Waals surface area (Å²) >= 11 is 0. The molecule has 1 atom stereocenters. The van der Waals surface area contributed by atoms with E-state index in [2.05, 4.69) is 6.92 Å². The van der Waals surface area contributed by atoms with Crippen LogP contribution in [-0.2, 0) is 4.79 Å². The average molecular weight is 376 g/mol. The van der Waals surface area contributed by atoms with Crippen LogP contribution in [0.15, 0.2) is 47.5 Å². The molecule has 1 saturated carbocycles. The number of ketones is 1. The minimum absolute atomic E-state index is 0.106. The van der Waals surface area contributed by atoms with E-state index in [9.17, 15) is 4.79 Å². The largest absolute Gasteiger partial charge is 0.454 e. The number of Topliss-reactive ketones (excluding diaryl/α,β-unsaturated/α-hetero) is 1. The van der Waals surface area contributed by atoms with Crippen molar-refractivity contribution in [2.24, 2.45) is 5.92 Å². The predicted octanol–water partition coefficient (Wildman–Crippen LogP) is 4.61. The van der Waals surface area contributed by atoms with Gasteiger partial charge in [0.2, 0.25) is 13.6 Å². The number of allylic oxidation sites excluding steroid dienone is 2. The SMILES string of the molecule is CC1CCC(=Cc2ccc3c(c2)OCO3)C(=O)C1=Cc1ccc2c(c1)OCO2. The van der Waals surface area contributed by atoms with Crippen molar-refractivity contribution in [1.82, 2.24) is 0 Å². The van der Waals surface area contributed by atoms with E-state index in [1.54, 1.807) is 0 Å². The molecule has 1 aliphatic carbocycles. The van der Waals surface area contributed by atoms with E-state index in [1.807, 2.05) is 48.6 Å². The van der Waals surface area contributed by atoms with Gasteiger partial charge in [-0.25, -0.2) is 0 Å². The molecule has 0 radical (unpaired) electrons. The van der Waals surface area contributed by atoms with Gasteiger partial charge in [0.15, 0.2) is 28.8 Å². The summed E-state index contributed by atoms with van der Waals surface area (Å²) in [5.41, 5.74) is 3.55. The summed E-state index contributed by atoms with van der Waals surface area (Å²) < 4.78 is 21.6. The Bertz CT molecular complexity index is 1020. The van der Waals surface area contributed by atoms with Crippen LogP contribution in [0.25, 0.3) is 12.2 Å². The number of fused-ring (bicyclic) bond motifs is 2. The summed E-state index contributed by atoms with van der Waals surface area (Å²) in [6.07, 6.45) is 5.65.